The number of nitrogens with zero attached hydrogens (tertiary/aromatic N) is 3. The van der Waals surface area contributed by atoms with Crippen molar-refractivity contribution in [2.24, 2.45) is 0 Å². The predicted molar refractivity (Wildman–Crippen MR) is 64.1 cm³/mol. The Morgan fingerprint density at radius 3 is 2.58 bits per heavy atom. The number of hydrogen-bond donors (Lipinski definition) is 0. The molecule has 102 valence electrons. The van der Waals surface area contributed by atoms with E-state index in [1.54, 1.807) is 6.92 Å². The quantitative estimate of drug-likeness (QED) is 0.815. The van der Waals surface area contributed by atoms with Gasteiger partial charge in [-0.05, 0) is 19.1 Å². The molecule has 0 saturated carbocycles. The summed E-state index contributed by atoms with van der Waals surface area (Å²) in [5.41, 5.74) is -0.180. The van der Waals surface area contributed by atoms with Crippen LogP contribution in [0.15, 0.2) is 23.4 Å². The van der Waals surface area contributed by atoms with Crippen molar-refractivity contribution >= 4 is 19.7 Å². The van der Waals surface area contributed by atoms with E-state index < -0.39 is 25.8 Å². The minimum Gasteiger partial charge on any atom is -0.297 e. The molecule has 0 amide bonds. The van der Waals surface area contributed by atoms with Crippen molar-refractivity contribution < 1.29 is 17.2 Å². The van der Waals surface area contributed by atoms with Crippen molar-refractivity contribution in [2.75, 3.05) is 0 Å². The number of hydrogen-bond acceptors (Lipinski definition) is 4. The fraction of sp³-hybridized carbons (Fsp3) is 0.200. The van der Waals surface area contributed by atoms with E-state index in [0.29, 0.717) is 0 Å². The Kier molecular flexibility index (Phi) is 3.55. The first-order valence-electron chi connectivity index (χ1n) is 5.18. The monoisotopic (exact) mass is 307 g/mol. The van der Waals surface area contributed by atoms with E-state index in [1.165, 1.54) is 12.1 Å². The van der Waals surface area contributed by atoms with Gasteiger partial charge in [0.05, 0.1) is 5.56 Å². The summed E-state index contributed by atoms with van der Waals surface area (Å²) in [7, 11) is 1.09. The highest BCUT2D eigenvalue weighted by Crippen LogP contribution is 2.25. The maximum Gasteiger partial charge on any atom is 0.296 e. The van der Waals surface area contributed by atoms with E-state index in [2.05, 4.69) is 10.2 Å². The van der Waals surface area contributed by atoms with Crippen molar-refractivity contribution in [3.05, 3.63) is 29.8 Å². The molecule has 9 heteroatoms. The van der Waals surface area contributed by atoms with Gasteiger partial charge in [-0.15, -0.1) is 10.2 Å². The molecule has 0 atom stereocenters. The standard InChI is InChI=1S/C10H8ClF2N3O2S/c1-2-16-9(14-15-10(16)19(11,17)18)6-4-3-5-7(12)8(6)13/h3-5H,2H2,1H3. The average molecular weight is 308 g/mol. The molecule has 5 nitrogen and oxygen atoms in total. The summed E-state index contributed by atoms with van der Waals surface area (Å²) in [5, 5.41) is 6.47. The highest BCUT2D eigenvalue weighted by Gasteiger charge is 2.24. The Morgan fingerprint density at radius 1 is 1.32 bits per heavy atom. The van der Waals surface area contributed by atoms with Gasteiger partial charge in [0.15, 0.2) is 17.5 Å². The predicted octanol–water partition coefficient (Wildman–Crippen LogP) is 2.17. The molecule has 1 heterocycles. The van der Waals surface area contributed by atoms with Gasteiger partial charge < -0.3 is 0 Å². The number of aromatic nitrogens is 3. The molecule has 2 rings (SSSR count). The van der Waals surface area contributed by atoms with E-state index in [4.69, 9.17) is 10.7 Å². The first kappa shape index (κ1) is 13.9. The molecule has 0 N–H and O–H groups in total. The molecule has 0 spiro atoms. The van der Waals surface area contributed by atoms with Gasteiger partial charge in [0.1, 0.15) is 0 Å². The lowest BCUT2D eigenvalue weighted by atomic mass is 10.2. The van der Waals surface area contributed by atoms with Crippen LogP contribution in [-0.4, -0.2) is 23.2 Å². The summed E-state index contributed by atoms with van der Waals surface area (Å²) in [5.74, 6) is -2.28. The lowest BCUT2D eigenvalue weighted by Crippen LogP contribution is -2.07. The van der Waals surface area contributed by atoms with Crippen LogP contribution in [0.3, 0.4) is 0 Å². The third-order valence-electron chi connectivity index (χ3n) is 2.44. The first-order chi connectivity index (χ1) is 8.86. The minimum absolute atomic E-state index is 0.0984. The van der Waals surface area contributed by atoms with Crippen molar-refractivity contribution in [3.63, 3.8) is 0 Å². The van der Waals surface area contributed by atoms with E-state index in [-0.39, 0.29) is 17.9 Å². The Morgan fingerprint density at radius 2 is 2.00 bits per heavy atom. The fourth-order valence-electron chi connectivity index (χ4n) is 1.63. The SMILES string of the molecule is CCn1c(-c2cccc(F)c2F)nnc1S(=O)(=O)Cl. The van der Waals surface area contributed by atoms with Gasteiger partial charge in [0.2, 0.25) is 0 Å². The van der Waals surface area contributed by atoms with E-state index >= 15 is 0 Å². The lowest BCUT2D eigenvalue weighted by molar-refractivity contribution is 0.509. The zero-order chi connectivity index (χ0) is 14.2. The molecule has 0 saturated heterocycles. The zero-order valence-corrected chi connectivity index (χ0v) is 11.2. The second kappa shape index (κ2) is 4.86. The van der Waals surface area contributed by atoms with Crippen LogP contribution < -0.4 is 0 Å². The van der Waals surface area contributed by atoms with Crippen molar-refractivity contribution in [1.82, 2.24) is 14.8 Å². The summed E-state index contributed by atoms with van der Waals surface area (Å²) >= 11 is 0. The Bertz CT molecular complexity index is 730. The van der Waals surface area contributed by atoms with E-state index in [0.717, 1.165) is 10.6 Å². The molecule has 0 unspecified atom stereocenters. The summed E-state index contributed by atoms with van der Waals surface area (Å²) < 4.78 is 50.5. The van der Waals surface area contributed by atoms with Crippen LogP contribution in [0, 0.1) is 11.6 Å². The number of benzene rings is 1. The van der Waals surface area contributed by atoms with Crippen LogP contribution in [0.5, 0.6) is 0 Å². The molecule has 0 aliphatic heterocycles. The fourth-order valence-corrected chi connectivity index (χ4v) is 2.59. The third kappa shape index (κ3) is 2.45. The second-order valence-corrected chi connectivity index (χ2v) is 6.05. The highest BCUT2D eigenvalue weighted by atomic mass is 35.7. The van der Waals surface area contributed by atoms with Crippen LogP contribution in [0.1, 0.15) is 6.92 Å². The molecule has 19 heavy (non-hydrogen) atoms. The molecular formula is C10H8ClF2N3O2S. The van der Waals surface area contributed by atoms with Gasteiger partial charge in [0, 0.05) is 17.2 Å². The lowest BCUT2D eigenvalue weighted by Gasteiger charge is -2.06. The van der Waals surface area contributed by atoms with E-state index in [1.807, 2.05) is 0 Å². The number of rotatable bonds is 3. The molecule has 0 radical (unpaired) electrons. The molecule has 1 aromatic carbocycles. The zero-order valence-electron chi connectivity index (χ0n) is 9.64. The molecule has 0 bridgehead atoms. The second-order valence-electron chi connectivity index (χ2n) is 3.59. The first-order valence-corrected chi connectivity index (χ1v) is 7.49. The molecule has 0 aliphatic rings. The van der Waals surface area contributed by atoms with E-state index in [9.17, 15) is 17.2 Å². The topological polar surface area (TPSA) is 64.8 Å². The summed E-state index contributed by atoms with van der Waals surface area (Å²) in [6.07, 6.45) is 0. The Balaban J connectivity index is 2.71. The van der Waals surface area contributed by atoms with Gasteiger partial charge in [-0.25, -0.2) is 17.2 Å². The van der Waals surface area contributed by atoms with Gasteiger partial charge in [-0.2, -0.15) is 0 Å². The van der Waals surface area contributed by atoms with Crippen molar-refractivity contribution in [1.29, 1.82) is 0 Å². The van der Waals surface area contributed by atoms with Crippen LogP contribution in [0.2, 0.25) is 0 Å². The van der Waals surface area contributed by atoms with Gasteiger partial charge >= 0.3 is 0 Å². The Labute approximate surface area is 112 Å². The maximum absolute atomic E-state index is 13.7. The highest BCUT2D eigenvalue weighted by molar-refractivity contribution is 8.13. The van der Waals surface area contributed by atoms with Gasteiger partial charge in [-0.3, -0.25) is 4.57 Å². The smallest absolute Gasteiger partial charge is 0.296 e. The molecule has 0 fully saturated rings. The van der Waals surface area contributed by atoms with Crippen LogP contribution in [-0.2, 0) is 15.6 Å². The van der Waals surface area contributed by atoms with Gasteiger partial charge in [0.25, 0.3) is 14.2 Å². The normalized spacial score (nSPS) is 11.8. The number of halogens is 3. The minimum atomic E-state index is -4.11. The van der Waals surface area contributed by atoms with Crippen molar-refractivity contribution in [2.45, 2.75) is 18.6 Å². The third-order valence-corrected chi connectivity index (χ3v) is 3.60. The van der Waals surface area contributed by atoms with Crippen LogP contribution in [0.4, 0.5) is 8.78 Å². The molecular weight excluding hydrogens is 300 g/mol. The summed E-state index contributed by atoms with van der Waals surface area (Å²) in [6.45, 7) is 1.75. The van der Waals surface area contributed by atoms with Crippen LogP contribution >= 0.6 is 10.7 Å². The average Bonchev–Trinajstić information content (AvgIpc) is 2.76. The molecule has 0 aliphatic carbocycles. The summed E-state index contributed by atoms with van der Waals surface area (Å²) in [4.78, 5) is 0. The van der Waals surface area contributed by atoms with Gasteiger partial charge in [-0.1, -0.05) is 6.07 Å². The van der Waals surface area contributed by atoms with Crippen LogP contribution in [0.25, 0.3) is 11.4 Å². The molecule has 2 aromatic rings. The largest absolute Gasteiger partial charge is 0.297 e. The summed E-state index contributed by atoms with van der Waals surface area (Å²) in [6, 6.07) is 3.52. The Hall–Kier alpha value is -1.54. The maximum atomic E-state index is 13.7. The molecule has 1 aromatic heterocycles. The van der Waals surface area contributed by atoms with Crippen molar-refractivity contribution in [3.8, 4) is 11.4 Å².